The molecule has 1 aliphatic heterocycles. The van der Waals surface area contributed by atoms with Gasteiger partial charge in [-0.05, 0) is 11.4 Å². The summed E-state index contributed by atoms with van der Waals surface area (Å²) in [5, 5.41) is 6.16. The van der Waals surface area contributed by atoms with Gasteiger partial charge in [-0.2, -0.15) is 4.98 Å². The van der Waals surface area contributed by atoms with Gasteiger partial charge in [-0.15, -0.1) is 11.3 Å². The first-order valence-electron chi connectivity index (χ1n) is 6.47. The second-order valence-corrected chi connectivity index (χ2v) is 6.81. The van der Waals surface area contributed by atoms with Gasteiger partial charge in [0.05, 0.1) is 23.5 Å². The van der Waals surface area contributed by atoms with Crippen LogP contribution in [0.1, 0.15) is 0 Å². The van der Waals surface area contributed by atoms with E-state index in [0.717, 1.165) is 9.24 Å². The van der Waals surface area contributed by atoms with Crippen LogP contribution in [-0.2, 0) is 9.47 Å². The zero-order chi connectivity index (χ0) is 14.7. The number of hydrogen-bond donors (Lipinski definition) is 2. The van der Waals surface area contributed by atoms with Gasteiger partial charge in [0, 0.05) is 13.2 Å². The maximum atomic E-state index is 5.80. The molecule has 21 heavy (non-hydrogen) atoms. The summed E-state index contributed by atoms with van der Waals surface area (Å²) in [5.41, 5.74) is 5.80. The summed E-state index contributed by atoms with van der Waals surface area (Å²) in [6.07, 6.45) is 0.0228. The van der Waals surface area contributed by atoms with Crippen LogP contribution in [0.4, 0.5) is 11.8 Å². The second-order valence-electron chi connectivity index (χ2n) is 4.55. The maximum Gasteiger partial charge on any atom is 0.223 e. The van der Waals surface area contributed by atoms with Crippen molar-refractivity contribution in [3.05, 3.63) is 23.6 Å². The van der Waals surface area contributed by atoms with E-state index >= 15 is 0 Å². The fourth-order valence-corrected chi connectivity index (χ4v) is 3.81. The Labute approximate surface area is 131 Å². The highest BCUT2D eigenvalue weighted by molar-refractivity contribution is 8.01. The van der Waals surface area contributed by atoms with Crippen LogP contribution in [0.3, 0.4) is 0 Å². The lowest BCUT2D eigenvalue weighted by Crippen LogP contribution is -2.33. The number of hydrogen-bond acceptors (Lipinski definition) is 8. The van der Waals surface area contributed by atoms with E-state index in [4.69, 9.17) is 15.2 Å². The topological polar surface area (TPSA) is 82.3 Å². The molecule has 6 nitrogen and oxygen atoms in total. The van der Waals surface area contributed by atoms with E-state index in [1.165, 1.54) is 0 Å². The van der Waals surface area contributed by atoms with E-state index in [1.54, 1.807) is 30.2 Å². The number of ether oxygens (including phenoxy) is 2. The molecular weight excluding hydrogens is 308 g/mol. The van der Waals surface area contributed by atoms with Crippen molar-refractivity contribution < 1.29 is 9.47 Å². The molecule has 0 amide bonds. The Balaban J connectivity index is 1.74. The molecule has 0 unspecified atom stereocenters. The van der Waals surface area contributed by atoms with Crippen molar-refractivity contribution in [1.29, 1.82) is 0 Å². The van der Waals surface area contributed by atoms with E-state index in [9.17, 15) is 0 Å². The zero-order valence-electron chi connectivity index (χ0n) is 11.5. The van der Waals surface area contributed by atoms with Crippen LogP contribution < -0.4 is 11.1 Å². The number of anilines is 2. The SMILES string of the molecule is CO[C@H]1COC[C@@H]1Nc1cc(Sc2cccs2)nc(N)n1. The molecule has 0 bridgehead atoms. The Morgan fingerprint density at radius 2 is 2.38 bits per heavy atom. The monoisotopic (exact) mass is 324 g/mol. The largest absolute Gasteiger partial charge is 0.377 e. The average Bonchev–Trinajstić information content (AvgIpc) is 3.09. The van der Waals surface area contributed by atoms with Crippen molar-refractivity contribution in [3.8, 4) is 0 Å². The van der Waals surface area contributed by atoms with Gasteiger partial charge in [0.25, 0.3) is 0 Å². The lowest BCUT2D eigenvalue weighted by atomic mass is 10.2. The number of methoxy groups -OCH3 is 1. The third-order valence-electron chi connectivity index (χ3n) is 3.08. The number of rotatable bonds is 5. The van der Waals surface area contributed by atoms with Crippen LogP contribution in [0.15, 0.2) is 32.8 Å². The number of thiophene rings is 1. The first kappa shape index (κ1) is 14.6. The number of nitrogens with zero attached hydrogens (tertiary/aromatic N) is 2. The van der Waals surface area contributed by atoms with Crippen LogP contribution in [0.2, 0.25) is 0 Å². The van der Waals surface area contributed by atoms with E-state index in [0.29, 0.717) is 19.0 Å². The molecule has 1 saturated heterocycles. The van der Waals surface area contributed by atoms with Crippen LogP contribution >= 0.6 is 23.1 Å². The van der Waals surface area contributed by atoms with Gasteiger partial charge in [0.2, 0.25) is 5.95 Å². The van der Waals surface area contributed by atoms with Gasteiger partial charge in [-0.1, -0.05) is 17.8 Å². The second kappa shape index (κ2) is 6.61. The van der Waals surface area contributed by atoms with Gasteiger partial charge in [0.15, 0.2) is 0 Å². The Kier molecular flexibility index (Phi) is 4.59. The molecule has 112 valence electrons. The Bertz CT molecular complexity index is 594. The van der Waals surface area contributed by atoms with Crippen LogP contribution in [0, 0.1) is 0 Å². The van der Waals surface area contributed by atoms with Gasteiger partial charge < -0.3 is 20.5 Å². The molecular formula is C13H16N4O2S2. The molecule has 3 rings (SSSR count). The Morgan fingerprint density at radius 1 is 1.48 bits per heavy atom. The minimum absolute atomic E-state index is 0.0228. The van der Waals surface area contributed by atoms with Crippen molar-refractivity contribution in [2.75, 3.05) is 31.4 Å². The number of nitrogens with one attached hydrogen (secondary N) is 1. The van der Waals surface area contributed by atoms with Crippen LogP contribution in [0.5, 0.6) is 0 Å². The predicted octanol–water partition coefficient (Wildman–Crippen LogP) is 2.10. The molecule has 3 heterocycles. The summed E-state index contributed by atoms with van der Waals surface area (Å²) in [4.78, 5) is 8.49. The standard InChI is InChI=1S/C13H16N4O2S2/c1-18-9-7-19-6-8(9)15-10-5-11(17-13(14)16-10)21-12-3-2-4-20-12/h2-5,8-9H,6-7H2,1H3,(H3,14,15,16,17)/t8-,9-/m0/s1. The van der Waals surface area contributed by atoms with Crippen LogP contribution in [0.25, 0.3) is 0 Å². The highest BCUT2D eigenvalue weighted by atomic mass is 32.2. The quantitative estimate of drug-likeness (QED) is 0.815. The van der Waals surface area contributed by atoms with Crippen molar-refractivity contribution in [2.24, 2.45) is 0 Å². The van der Waals surface area contributed by atoms with E-state index in [1.807, 2.05) is 23.6 Å². The molecule has 8 heteroatoms. The number of nitrogen functional groups attached to an aromatic ring is 1. The molecule has 1 fully saturated rings. The summed E-state index contributed by atoms with van der Waals surface area (Å²) >= 11 is 3.24. The predicted molar refractivity (Wildman–Crippen MR) is 83.9 cm³/mol. The van der Waals surface area contributed by atoms with Crippen molar-refractivity contribution >= 4 is 34.9 Å². The molecule has 0 aromatic carbocycles. The van der Waals surface area contributed by atoms with E-state index in [-0.39, 0.29) is 18.1 Å². The molecule has 2 aromatic heterocycles. The summed E-state index contributed by atoms with van der Waals surface area (Å²) < 4.78 is 12.0. The van der Waals surface area contributed by atoms with Crippen LogP contribution in [-0.4, -0.2) is 42.4 Å². The van der Waals surface area contributed by atoms with Gasteiger partial charge in [0.1, 0.15) is 16.9 Å². The Morgan fingerprint density at radius 3 is 3.14 bits per heavy atom. The van der Waals surface area contributed by atoms with Crippen molar-refractivity contribution in [2.45, 2.75) is 21.4 Å². The maximum absolute atomic E-state index is 5.80. The molecule has 3 N–H and O–H groups in total. The highest BCUT2D eigenvalue weighted by Crippen LogP contribution is 2.31. The molecule has 0 saturated carbocycles. The smallest absolute Gasteiger partial charge is 0.223 e. The van der Waals surface area contributed by atoms with Gasteiger partial charge >= 0.3 is 0 Å². The molecule has 2 aromatic rings. The molecule has 0 aliphatic carbocycles. The first-order chi connectivity index (χ1) is 10.2. The highest BCUT2D eigenvalue weighted by Gasteiger charge is 2.28. The number of nitrogens with two attached hydrogens (primary N) is 1. The van der Waals surface area contributed by atoms with Crippen molar-refractivity contribution in [3.63, 3.8) is 0 Å². The van der Waals surface area contributed by atoms with E-state index in [2.05, 4.69) is 15.3 Å². The summed E-state index contributed by atoms with van der Waals surface area (Å²) in [5.74, 6) is 0.950. The minimum Gasteiger partial charge on any atom is -0.377 e. The van der Waals surface area contributed by atoms with Gasteiger partial charge in [-0.25, -0.2) is 4.98 Å². The third-order valence-corrected chi connectivity index (χ3v) is 5.04. The molecule has 0 spiro atoms. The minimum atomic E-state index is 0.0228. The van der Waals surface area contributed by atoms with E-state index < -0.39 is 0 Å². The summed E-state index contributed by atoms with van der Waals surface area (Å²) in [6, 6.07) is 6.03. The fourth-order valence-electron chi connectivity index (χ4n) is 2.09. The average molecular weight is 324 g/mol. The first-order valence-corrected chi connectivity index (χ1v) is 8.17. The normalized spacial score (nSPS) is 21.6. The van der Waals surface area contributed by atoms with Crippen molar-refractivity contribution in [1.82, 2.24) is 9.97 Å². The molecule has 1 aliphatic rings. The number of aromatic nitrogens is 2. The zero-order valence-corrected chi connectivity index (χ0v) is 13.1. The summed E-state index contributed by atoms with van der Waals surface area (Å²) in [7, 11) is 1.68. The molecule has 0 radical (unpaired) electrons. The Hall–Kier alpha value is -1.35. The fraction of sp³-hybridized carbons (Fsp3) is 0.385. The summed E-state index contributed by atoms with van der Waals surface area (Å²) in [6.45, 7) is 1.18. The lowest BCUT2D eigenvalue weighted by Gasteiger charge is -2.18. The third kappa shape index (κ3) is 3.65. The lowest BCUT2D eigenvalue weighted by molar-refractivity contribution is 0.0795. The van der Waals surface area contributed by atoms with Gasteiger partial charge in [-0.3, -0.25) is 0 Å². The molecule has 2 atom stereocenters.